The predicted molar refractivity (Wildman–Crippen MR) is 134 cm³/mol. The van der Waals surface area contributed by atoms with Crippen LogP contribution in [0.4, 0.5) is 5.69 Å². The average Bonchev–Trinajstić information content (AvgIpc) is 3.60. The summed E-state index contributed by atoms with van der Waals surface area (Å²) in [6.45, 7) is 3.86. The lowest BCUT2D eigenvalue weighted by Crippen LogP contribution is -2.25. The number of nitrogens with zero attached hydrogens (tertiary/aromatic N) is 2. The predicted octanol–water partition coefficient (Wildman–Crippen LogP) is 4.09. The van der Waals surface area contributed by atoms with Crippen molar-refractivity contribution in [3.63, 3.8) is 0 Å². The number of hydrogen-bond acceptors (Lipinski definition) is 5. The van der Waals surface area contributed by atoms with Gasteiger partial charge in [-0.15, -0.1) is 0 Å². The number of carbonyl (C=O) groups is 1. The number of nitriles is 1. The van der Waals surface area contributed by atoms with Gasteiger partial charge in [0.1, 0.15) is 17.4 Å². The van der Waals surface area contributed by atoms with E-state index in [1.807, 2.05) is 54.8 Å². The summed E-state index contributed by atoms with van der Waals surface area (Å²) in [5, 5.41) is 12.3. The summed E-state index contributed by atoms with van der Waals surface area (Å²) >= 11 is 0. The van der Waals surface area contributed by atoms with Gasteiger partial charge in [-0.25, -0.2) is 13.1 Å². The molecule has 3 aromatic rings. The second-order valence-corrected chi connectivity index (χ2v) is 10.1. The van der Waals surface area contributed by atoms with Crippen LogP contribution >= 0.6 is 0 Å². The molecule has 0 atom stereocenters. The molecule has 4 rings (SSSR count). The maximum atomic E-state index is 12.9. The van der Waals surface area contributed by atoms with Gasteiger partial charge in [0.15, 0.2) is 0 Å². The topological polar surface area (TPSA) is 113 Å². The molecule has 2 N–H and O–H groups in total. The van der Waals surface area contributed by atoms with Gasteiger partial charge in [-0.1, -0.05) is 6.07 Å². The Morgan fingerprint density at radius 2 is 1.86 bits per heavy atom. The van der Waals surface area contributed by atoms with E-state index in [9.17, 15) is 18.5 Å². The molecular formula is C26H26N4O4S. The van der Waals surface area contributed by atoms with Gasteiger partial charge in [-0.2, -0.15) is 5.26 Å². The normalized spacial score (nSPS) is 13.8. The number of ether oxygens (including phenoxy) is 1. The van der Waals surface area contributed by atoms with E-state index < -0.39 is 15.9 Å². The van der Waals surface area contributed by atoms with Crippen molar-refractivity contribution in [2.24, 2.45) is 0 Å². The van der Waals surface area contributed by atoms with Crippen molar-refractivity contribution in [2.75, 3.05) is 12.4 Å². The zero-order chi connectivity index (χ0) is 25.2. The Morgan fingerprint density at radius 3 is 2.49 bits per heavy atom. The Kier molecular flexibility index (Phi) is 6.78. The summed E-state index contributed by atoms with van der Waals surface area (Å²) in [6, 6.07) is 17.4. The molecule has 1 saturated carbocycles. The fraction of sp³-hybridized carbons (Fsp3) is 0.231. The maximum Gasteiger partial charge on any atom is 0.266 e. The highest BCUT2D eigenvalue weighted by atomic mass is 32.2. The molecule has 0 saturated heterocycles. The zero-order valence-electron chi connectivity index (χ0n) is 19.7. The molecule has 35 heavy (non-hydrogen) atoms. The van der Waals surface area contributed by atoms with E-state index in [2.05, 4.69) is 10.0 Å². The lowest BCUT2D eigenvalue weighted by atomic mass is 10.1. The summed E-state index contributed by atoms with van der Waals surface area (Å²) in [7, 11) is -2.05. The third kappa shape index (κ3) is 5.45. The molecule has 1 aliphatic rings. The summed E-state index contributed by atoms with van der Waals surface area (Å²) in [5.74, 6) is 0.131. The first-order valence-corrected chi connectivity index (χ1v) is 12.6. The van der Waals surface area contributed by atoms with Gasteiger partial charge >= 0.3 is 0 Å². The first-order chi connectivity index (χ1) is 16.7. The molecule has 0 radical (unpaired) electrons. The molecule has 2 aromatic carbocycles. The van der Waals surface area contributed by atoms with E-state index >= 15 is 0 Å². The van der Waals surface area contributed by atoms with Crippen molar-refractivity contribution in [3.05, 3.63) is 77.1 Å². The minimum Gasteiger partial charge on any atom is -0.497 e. The fourth-order valence-corrected chi connectivity index (χ4v) is 5.14. The van der Waals surface area contributed by atoms with E-state index in [1.54, 1.807) is 19.2 Å². The van der Waals surface area contributed by atoms with Crippen LogP contribution in [0.5, 0.6) is 5.75 Å². The van der Waals surface area contributed by atoms with Crippen molar-refractivity contribution in [3.8, 4) is 17.5 Å². The number of hydrogen-bond donors (Lipinski definition) is 2. The molecule has 180 valence electrons. The zero-order valence-corrected chi connectivity index (χ0v) is 20.5. The number of benzene rings is 2. The second-order valence-electron chi connectivity index (χ2n) is 8.41. The van der Waals surface area contributed by atoms with Crippen molar-refractivity contribution in [1.29, 1.82) is 5.26 Å². The van der Waals surface area contributed by atoms with Crippen LogP contribution in [-0.2, 0) is 14.8 Å². The first kappa shape index (κ1) is 24.3. The molecule has 0 aliphatic heterocycles. The summed E-state index contributed by atoms with van der Waals surface area (Å²) in [4.78, 5) is 12.9. The lowest BCUT2D eigenvalue weighted by Gasteiger charge is -2.10. The number of anilines is 1. The fourth-order valence-electron chi connectivity index (χ4n) is 3.79. The van der Waals surface area contributed by atoms with E-state index in [0.717, 1.165) is 41.2 Å². The van der Waals surface area contributed by atoms with Crippen LogP contribution in [0.15, 0.2) is 65.1 Å². The van der Waals surface area contributed by atoms with E-state index in [-0.39, 0.29) is 16.5 Å². The Labute approximate surface area is 204 Å². The number of aryl methyl sites for hydroxylation is 1. The molecule has 0 spiro atoms. The minimum atomic E-state index is -3.66. The smallest absolute Gasteiger partial charge is 0.266 e. The number of nitrogens with one attached hydrogen (secondary N) is 2. The molecule has 0 unspecified atom stereocenters. The molecule has 8 nitrogen and oxygen atoms in total. The van der Waals surface area contributed by atoms with E-state index in [1.165, 1.54) is 18.2 Å². The summed E-state index contributed by atoms with van der Waals surface area (Å²) in [6.07, 6.45) is 3.18. The minimum absolute atomic E-state index is 0.0247. The number of carbonyl (C=O) groups excluding carboxylic acids is 1. The molecule has 1 aliphatic carbocycles. The SMILES string of the molecule is COc1ccc(-n2c(C)cc(/C=C(\C#N)C(=O)Nc3cccc(S(=O)(=O)NC4CC4)c3)c2C)cc1. The van der Waals surface area contributed by atoms with Crippen molar-refractivity contribution in [2.45, 2.75) is 37.6 Å². The highest BCUT2D eigenvalue weighted by Gasteiger charge is 2.28. The number of methoxy groups -OCH3 is 1. The molecule has 1 aromatic heterocycles. The average molecular weight is 491 g/mol. The van der Waals surface area contributed by atoms with Gasteiger partial charge in [0.2, 0.25) is 10.0 Å². The van der Waals surface area contributed by atoms with Crippen LogP contribution in [0, 0.1) is 25.2 Å². The van der Waals surface area contributed by atoms with Gasteiger partial charge in [0.25, 0.3) is 5.91 Å². The number of aromatic nitrogens is 1. The second kappa shape index (κ2) is 9.78. The lowest BCUT2D eigenvalue weighted by molar-refractivity contribution is -0.112. The van der Waals surface area contributed by atoms with Crippen LogP contribution in [0.3, 0.4) is 0 Å². The third-order valence-corrected chi connectivity index (χ3v) is 7.29. The van der Waals surface area contributed by atoms with Crippen LogP contribution < -0.4 is 14.8 Å². The standard InChI is InChI=1S/C26H26N4O4S/c1-17-13-19(18(2)30(17)23-9-11-24(34-3)12-10-23)14-20(16-27)26(31)28-22-5-4-6-25(15-22)35(32,33)29-21-7-8-21/h4-6,9-15,21,29H,7-8H2,1-3H3,(H,28,31)/b20-14+. The Morgan fingerprint density at radius 1 is 1.14 bits per heavy atom. The van der Waals surface area contributed by atoms with E-state index in [0.29, 0.717) is 5.69 Å². The Hall–Kier alpha value is -3.87. The highest BCUT2D eigenvalue weighted by molar-refractivity contribution is 7.89. The van der Waals surface area contributed by atoms with Gasteiger partial charge in [-0.05, 0) is 86.9 Å². The molecule has 1 heterocycles. The number of amides is 1. The van der Waals surface area contributed by atoms with Gasteiger partial charge in [-0.3, -0.25) is 4.79 Å². The van der Waals surface area contributed by atoms with Gasteiger partial charge in [0, 0.05) is 28.8 Å². The van der Waals surface area contributed by atoms with Crippen molar-refractivity contribution in [1.82, 2.24) is 9.29 Å². The van der Waals surface area contributed by atoms with Gasteiger partial charge < -0.3 is 14.6 Å². The maximum absolute atomic E-state index is 12.9. The molecule has 0 bridgehead atoms. The third-order valence-electron chi connectivity index (χ3n) is 5.77. The van der Waals surface area contributed by atoms with Crippen LogP contribution in [-0.4, -0.2) is 32.0 Å². The Bertz CT molecular complexity index is 1440. The highest BCUT2D eigenvalue weighted by Crippen LogP contribution is 2.26. The number of sulfonamides is 1. The van der Waals surface area contributed by atoms with Crippen LogP contribution in [0.25, 0.3) is 11.8 Å². The number of rotatable bonds is 8. The Balaban J connectivity index is 1.57. The molecule has 1 fully saturated rings. The largest absolute Gasteiger partial charge is 0.497 e. The van der Waals surface area contributed by atoms with Crippen molar-refractivity contribution >= 4 is 27.7 Å². The van der Waals surface area contributed by atoms with E-state index in [4.69, 9.17) is 4.74 Å². The van der Waals surface area contributed by atoms with Crippen LogP contribution in [0.1, 0.15) is 29.8 Å². The summed E-state index contributed by atoms with van der Waals surface area (Å²) < 4.78 is 34.8. The van der Waals surface area contributed by atoms with Gasteiger partial charge in [0.05, 0.1) is 12.0 Å². The monoisotopic (exact) mass is 490 g/mol. The molecular weight excluding hydrogens is 464 g/mol. The van der Waals surface area contributed by atoms with Crippen LogP contribution in [0.2, 0.25) is 0 Å². The quantitative estimate of drug-likeness (QED) is 0.365. The van der Waals surface area contributed by atoms with Crippen molar-refractivity contribution < 1.29 is 17.9 Å². The molecule has 1 amide bonds. The first-order valence-electron chi connectivity index (χ1n) is 11.1. The molecule has 9 heteroatoms. The summed E-state index contributed by atoms with van der Waals surface area (Å²) in [5.41, 5.74) is 3.67.